The molecule has 0 aliphatic rings. The molecule has 0 unspecified atom stereocenters. The van der Waals surface area contributed by atoms with E-state index in [1.807, 2.05) is 18.2 Å². The molecule has 4 rings (SSSR count). The molecule has 1 N–H and O–H groups in total. The van der Waals surface area contributed by atoms with E-state index in [9.17, 15) is 9.59 Å². The Kier molecular flexibility index (Phi) is 6.75. The number of hydrogen-bond donors (Lipinski definition) is 1. The largest absolute Gasteiger partial charge is 0.486 e. The summed E-state index contributed by atoms with van der Waals surface area (Å²) in [6.07, 6.45) is 1.35. The van der Waals surface area contributed by atoms with Gasteiger partial charge in [-0.05, 0) is 49.4 Å². The Morgan fingerprint density at radius 2 is 1.91 bits per heavy atom. The first-order chi connectivity index (χ1) is 16.0. The van der Waals surface area contributed by atoms with Gasteiger partial charge in [-0.1, -0.05) is 35.9 Å². The summed E-state index contributed by atoms with van der Waals surface area (Å²) in [7, 11) is 0. The average molecular weight is 466 g/mol. The number of hydrogen-bond acceptors (Lipinski definition) is 6. The molecule has 0 spiro atoms. The predicted octanol–water partition coefficient (Wildman–Crippen LogP) is 5.13. The molecule has 168 valence electrons. The van der Waals surface area contributed by atoms with Crippen molar-refractivity contribution in [2.45, 2.75) is 13.5 Å². The van der Waals surface area contributed by atoms with Crippen LogP contribution in [-0.2, 0) is 11.3 Å². The highest BCUT2D eigenvalue weighted by Gasteiger charge is 2.23. The monoisotopic (exact) mass is 465 g/mol. The van der Waals surface area contributed by atoms with Gasteiger partial charge in [0.05, 0.1) is 18.5 Å². The number of furan rings is 1. The fraction of sp³-hybridized carbons (Fsp3) is 0.125. The zero-order chi connectivity index (χ0) is 23.2. The maximum absolute atomic E-state index is 12.9. The van der Waals surface area contributed by atoms with Crippen molar-refractivity contribution in [1.29, 1.82) is 0 Å². The summed E-state index contributed by atoms with van der Waals surface area (Å²) in [5, 5.41) is 7.52. The minimum atomic E-state index is -0.593. The van der Waals surface area contributed by atoms with E-state index >= 15 is 0 Å². The SMILES string of the molecule is CCOC(=O)c1cnn(-c2ccccc2)c1NC(=O)c1ccc(COc2cccc(Cl)c2)o1. The number of nitrogens with zero attached hydrogens (tertiary/aromatic N) is 2. The van der Waals surface area contributed by atoms with Gasteiger partial charge in [0.2, 0.25) is 0 Å². The molecule has 4 aromatic rings. The lowest BCUT2D eigenvalue weighted by molar-refractivity contribution is 0.0527. The van der Waals surface area contributed by atoms with E-state index in [1.54, 1.807) is 49.4 Å². The number of esters is 1. The summed E-state index contributed by atoms with van der Waals surface area (Å²) < 4.78 is 17.8. The van der Waals surface area contributed by atoms with Crippen LogP contribution in [0.2, 0.25) is 5.02 Å². The number of benzene rings is 2. The van der Waals surface area contributed by atoms with Crippen LogP contribution in [0.3, 0.4) is 0 Å². The van der Waals surface area contributed by atoms with E-state index in [2.05, 4.69) is 10.4 Å². The van der Waals surface area contributed by atoms with Crippen molar-refractivity contribution in [2.24, 2.45) is 0 Å². The summed E-state index contributed by atoms with van der Waals surface area (Å²) >= 11 is 5.96. The van der Waals surface area contributed by atoms with E-state index in [-0.39, 0.29) is 30.4 Å². The van der Waals surface area contributed by atoms with E-state index in [1.165, 1.54) is 16.9 Å². The third kappa shape index (κ3) is 5.24. The summed E-state index contributed by atoms with van der Waals surface area (Å²) in [6.45, 7) is 2.01. The van der Waals surface area contributed by atoms with Gasteiger partial charge in [-0.15, -0.1) is 0 Å². The molecule has 9 heteroatoms. The predicted molar refractivity (Wildman–Crippen MR) is 122 cm³/mol. The molecule has 1 amide bonds. The van der Waals surface area contributed by atoms with Gasteiger partial charge in [-0.3, -0.25) is 4.79 Å². The number of ether oxygens (including phenoxy) is 2. The molecular weight excluding hydrogens is 446 g/mol. The summed E-state index contributed by atoms with van der Waals surface area (Å²) in [6, 6.07) is 19.2. The summed E-state index contributed by atoms with van der Waals surface area (Å²) in [4.78, 5) is 25.3. The molecule has 2 heterocycles. The lowest BCUT2D eigenvalue weighted by atomic mass is 10.3. The van der Waals surface area contributed by atoms with Gasteiger partial charge in [0.15, 0.2) is 11.6 Å². The fourth-order valence-corrected chi connectivity index (χ4v) is 3.23. The van der Waals surface area contributed by atoms with Gasteiger partial charge in [0, 0.05) is 5.02 Å². The second-order valence-electron chi connectivity index (χ2n) is 6.84. The Morgan fingerprint density at radius 3 is 2.67 bits per heavy atom. The third-order valence-electron chi connectivity index (χ3n) is 4.56. The van der Waals surface area contributed by atoms with E-state index in [0.29, 0.717) is 22.2 Å². The number of amides is 1. The molecule has 0 atom stereocenters. The van der Waals surface area contributed by atoms with Crippen molar-refractivity contribution in [3.05, 3.63) is 95.0 Å². The number of nitrogens with one attached hydrogen (secondary N) is 1. The zero-order valence-electron chi connectivity index (χ0n) is 17.7. The Labute approximate surface area is 194 Å². The van der Waals surface area contributed by atoms with Crippen LogP contribution < -0.4 is 10.1 Å². The van der Waals surface area contributed by atoms with Crippen LogP contribution in [0.5, 0.6) is 5.75 Å². The van der Waals surface area contributed by atoms with Crippen LogP contribution >= 0.6 is 11.6 Å². The highest BCUT2D eigenvalue weighted by atomic mass is 35.5. The second-order valence-corrected chi connectivity index (χ2v) is 7.28. The minimum Gasteiger partial charge on any atom is -0.486 e. The molecule has 2 aromatic carbocycles. The van der Waals surface area contributed by atoms with E-state index < -0.39 is 11.9 Å². The fourth-order valence-electron chi connectivity index (χ4n) is 3.05. The molecule has 0 aliphatic carbocycles. The molecule has 33 heavy (non-hydrogen) atoms. The lowest BCUT2D eigenvalue weighted by Gasteiger charge is -2.10. The van der Waals surface area contributed by atoms with Gasteiger partial charge in [0.1, 0.15) is 23.7 Å². The molecule has 0 radical (unpaired) electrons. The Morgan fingerprint density at radius 1 is 1.09 bits per heavy atom. The maximum Gasteiger partial charge on any atom is 0.343 e. The van der Waals surface area contributed by atoms with Gasteiger partial charge >= 0.3 is 5.97 Å². The van der Waals surface area contributed by atoms with Gasteiger partial charge in [0.25, 0.3) is 5.91 Å². The topological polar surface area (TPSA) is 95.6 Å². The van der Waals surface area contributed by atoms with Crippen molar-refractivity contribution in [2.75, 3.05) is 11.9 Å². The second kappa shape index (κ2) is 10.1. The van der Waals surface area contributed by atoms with Crippen molar-refractivity contribution in [3.8, 4) is 11.4 Å². The first-order valence-electron chi connectivity index (χ1n) is 10.1. The van der Waals surface area contributed by atoms with Crippen LogP contribution in [0.4, 0.5) is 5.82 Å². The van der Waals surface area contributed by atoms with E-state index in [0.717, 1.165) is 0 Å². The normalized spacial score (nSPS) is 10.6. The zero-order valence-corrected chi connectivity index (χ0v) is 18.4. The molecular formula is C24H20ClN3O5. The highest BCUT2D eigenvalue weighted by molar-refractivity contribution is 6.30. The highest BCUT2D eigenvalue weighted by Crippen LogP contribution is 2.23. The number of carbonyl (C=O) groups is 2. The number of aromatic nitrogens is 2. The molecule has 0 bridgehead atoms. The average Bonchev–Trinajstić information content (AvgIpc) is 3.46. The molecule has 0 fully saturated rings. The van der Waals surface area contributed by atoms with Crippen molar-refractivity contribution < 1.29 is 23.5 Å². The van der Waals surface area contributed by atoms with E-state index in [4.69, 9.17) is 25.5 Å². The maximum atomic E-state index is 12.9. The summed E-state index contributed by atoms with van der Waals surface area (Å²) in [5.41, 5.74) is 0.795. The molecule has 0 saturated heterocycles. The Bertz CT molecular complexity index is 1270. The van der Waals surface area contributed by atoms with Crippen LogP contribution in [0.1, 0.15) is 33.6 Å². The number of rotatable bonds is 8. The lowest BCUT2D eigenvalue weighted by Crippen LogP contribution is -2.17. The smallest absolute Gasteiger partial charge is 0.343 e. The van der Waals surface area contributed by atoms with Crippen LogP contribution in [0.15, 0.2) is 77.3 Å². The molecule has 8 nitrogen and oxygen atoms in total. The van der Waals surface area contributed by atoms with Crippen LogP contribution in [0, 0.1) is 0 Å². The quantitative estimate of drug-likeness (QED) is 0.362. The third-order valence-corrected chi connectivity index (χ3v) is 4.79. The standard InChI is InChI=1S/C24H20ClN3O5/c1-2-31-24(30)20-14-26-28(17-8-4-3-5-9-17)22(20)27-23(29)21-12-11-19(33-21)15-32-18-10-6-7-16(25)13-18/h3-14H,2,15H2,1H3,(H,27,29). The van der Waals surface area contributed by atoms with Crippen molar-refractivity contribution in [1.82, 2.24) is 9.78 Å². The molecule has 0 saturated carbocycles. The minimum absolute atomic E-state index is 0.0512. The Hall–Kier alpha value is -4.04. The number of anilines is 1. The van der Waals surface area contributed by atoms with Crippen LogP contribution in [0.25, 0.3) is 5.69 Å². The Balaban J connectivity index is 1.53. The number of halogens is 1. The van der Waals surface area contributed by atoms with Crippen molar-refractivity contribution >= 4 is 29.3 Å². The van der Waals surface area contributed by atoms with Gasteiger partial charge in [-0.2, -0.15) is 5.10 Å². The van der Waals surface area contributed by atoms with Crippen molar-refractivity contribution in [3.63, 3.8) is 0 Å². The molecule has 2 aromatic heterocycles. The first-order valence-corrected chi connectivity index (χ1v) is 10.5. The molecule has 0 aliphatic heterocycles. The number of carbonyl (C=O) groups excluding carboxylic acids is 2. The first kappa shape index (κ1) is 22.2. The summed E-state index contributed by atoms with van der Waals surface area (Å²) in [5.74, 6) is 0.114. The van der Waals surface area contributed by atoms with Gasteiger partial charge < -0.3 is 19.2 Å². The number of para-hydroxylation sites is 1. The van der Waals surface area contributed by atoms with Gasteiger partial charge in [-0.25, -0.2) is 9.48 Å². The van der Waals surface area contributed by atoms with Crippen LogP contribution in [-0.4, -0.2) is 28.3 Å².